The zero-order valence-electron chi connectivity index (χ0n) is 8.69. The van der Waals surface area contributed by atoms with E-state index >= 15 is 0 Å². The summed E-state index contributed by atoms with van der Waals surface area (Å²) < 4.78 is 6.36. The minimum atomic E-state index is 0.0589. The van der Waals surface area contributed by atoms with Gasteiger partial charge in [0, 0.05) is 10.9 Å². The number of hydrazine groups is 1. The largest absolute Gasteiger partial charge is 0.469 e. The normalized spacial score (nSPS) is 12.6. The number of hydrogen-bond donors (Lipinski definition) is 2. The summed E-state index contributed by atoms with van der Waals surface area (Å²) in [5.41, 5.74) is 3.94. The Labute approximate surface area is 103 Å². The van der Waals surface area contributed by atoms with E-state index in [0.717, 1.165) is 22.2 Å². The van der Waals surface area contributed by atoms with E-state index < -0.39 is 0 Å². The van der Waals surface area contributed by atoms with E-state index in [1.165, 1.54) is 0 Å². The molecule has 0 fully saturated rings. The molecule has 0 aliphatic rings. The molecule has 0 bridgehead atoms. The number of rotatable bonds is 4. The first kappa shape index (κ1) is 11.4. The molecule has 3 nitrogen and oxygen atoms in total. The zero-order valence-corrected chi connectivity index (χ0v) is 10.3. The van der Waals surface area contributed by atoms with Crippen molar-refractivity contribution in [1.29, 1.82) is 0 Å². The molecular formula is C12H13BrN2O. The smallest absolute Gasteiger partial charge is 0.105 e. The molecule has 0 aliphatic carbocycles. The number of benzene rings is 1. The Morgan fingerprint density at radius 1 is 1.31 bits per heavy atom. The molecule has 1 heterocycles. The average molecular weight is 281 g/mol. The predicted octanol–water partition coefficient (Wildman–Crippen LogP) is 2.79. The van der Waals surface area contributed by atoms with Crippen molar-refractivity contribution in [1.82, 2.24) is 5.43 Å². The second-order valence-corrected chi connectivity index (χ2v) is 4.47. The lowest BCUT2D eigenvalue weighted by Gasteiger charge is -2.15. The first-order valence-electron chi connectivity index (χ1n) is 5.03. The van der Waals surface area contributed by atoms with Crippen LogP contribution in [0.25, 0.3) is 0 Å². The van der Waals surface area contributed by atoms with Crippen molar-refractivity contribution in [3.8, 4) is 0 Å². The molecule has 1 aromatic heterocycles. The van der Waals surface area contributed by atoms with Crippen LogP contribution < -0.4 is 11.3 Å². The van der Waals surface area contributed by atoms with Crippen LogP contribution in [0.4, 0.5) is 0 Å². The maximum Gasteiger partial charge on any atom is 0.105 e. The first-order chi connectivity index (χ1) is 7.79. The Kier molecular flexibility index (Phi) is 3.77. The first-order valence-corrected chi connectivity index (χ1v) is 5.83. The Morgan fingerprint density at radius 2 is 2.19 bits per heavy atom. The highest BCUT2D eigenvalue weighted by atomic mass is 79.9. The summed E-state index contributed by atoms with van der Waals surface area (Å²) in [5, 5.41) is 0. The Balaban J connectivity index is 2.16. The van der Waals surface area contributed by atoms with Crippen molar-refractivity contribution in [2.24, 2.45) is 5.84 Å². The van der Waals surface area contributed by atoms with E-state index in [0.29, 0.717) is 0 Å². The van der Waals surface area contributed by atoms with Gasteiger partial charge in [0.1, 0.15) is 5.76 Å². The number of hydrogen-bond acceptors (Lipinski definition) is 3. The maximum atomic E-state index is 5.56. The highest BCUT2D eigenvalue weighted by Crippen LogP contribution is 2.21. The predicted molar refractivity (Wildman–Crippen MR) is 66.6 cm³/mol. The third-order valence-electron chi connectivity index (χ3n) is 2.44. The monoisotopic (exact) mass is 280 g/mol. The van der Waals surface area contributed by atoms with Crippen LogP contribution in [-0.2, 0) is 6.42 Å². The molecule has 0 spiro atoms. The summed E-state index contributed by atoms with van der Waals surface area (Å²) in [6, 6.07) is 12.0. The molecule has 84 valence electrons. The number of nitrogens with one attached hydrogen (secondary N) is 1. The zero-order chi connectivity index (χ0) is 11.4. The van der Waals surface area contributed by atoms with E-state index in [-0.39, 0.29) is 6.04 Å². The molecule has 1 atom stereocenters. The van der Waals surface area contributed by atoms with Crippen LogP contribution in [-0.4, -0.2) is 0 Å². The van der Waals surface area contributed by atoms with Gasteiger partial charge in [-0.05, 0) is 29.8 Å². The summed E-state index contributed by atoms with van der Waals surface area (Å²) in [7, 11) is 0. The molecule has 2 aromatic rings. The van der Waals surface area contributed by atoms with Crippen molar-refractivity contribution in [3.63, 3.8) is 0 Å². The van der Waals surface area contributed by atoms with Gasteiger partial charge >= 0.3 is 0 Å². The average Bonchev–Trinajstić information content (AvgIpc) is 2.78. The summed E-state index contributed by atoms with van der Waals surface area (Å²) in [4.78, 5) is 0. The molecule has 2 rings (SSSR count). The summed E-state index contributed by atoms with van der Waals surface area (Å²) in [6.45, 7) is 0. The minimum Gasteiger partial charge on any atom is -0.469 e. The summed E-state index contributed by atoms with van der Waals surface area (Å²) in [5.74, 6) is 6.48. The van der Waals surface area contributed by atoms with Gasteiger partial charge in [-0.2, -0.15) is 0 Å². The Bertz CT molecular complexity index is 442. The molecule has 1 aromatic carbocycles. The van der Waals surface area contributed by atoms with Crippen molar-refractivity contribution < 1.29 is 4.42 Å². The van der Waals surface area contributed by atoms with Crippen molar-refractivity contribution in [3.05, 3.63) is 58.5 Å². The lowest BCUT2D eigenvalue weighted by atomic mass is 10.0. The Morgan fingerprint density at radius 3 is 2.81 bits per heavy atom. The highest BCUT2D eigenvalue weighted by molar-refractivity contribution is 9.10. The van der Waals surface area contributed by atoms with E-state index in [1.807, 2.05) is 36.4 Å². The highest BCUT2D eigenvalue weighted by Gasteiger charge is 2.12. The number of halogens is 1. The van der Waals surface area contributed by atoms with Crippen LogP contribution in [0.5, 0.6) is 0 Å². The third kappa shape index (κ3) is 2.72. The second kappa shape index (κ2) is 5.30. The van der Waals surface area contributed by atoms with E-state index in [1.54, 1.807) is 6.26 Å². The molecule has 1 unspecified atom stereocenters. The molecule has 0 saturated carbocycles. The van der Waals surface area contributed by atoms with E-state index in [4.69, 9.17) is 10.3 Å². The Hall–Kier alpha value is -1.10. The van der Waals surface area contributed by atoms with Gasteiger partial charge in [-0.15, -0.1) is 0 Å². The molecule has 0 amide bonds. The van der Waals surface area contributed by atoms with Crippen molar-refractivity contribution in [2.45, 2.75) is 12.5 Å². The fraction of sp³-hybridized carbons (Fsp3) is 0.167. The van der Waals surface area contributed by atoms with Crippen molar-refractivity contribution >= 4 is 15.9 Å². The van der Waals surface area contributed by atoms with Crippen LogP contribution >= 0.6 is 15.9 Å². The molecule has 0 saturated heterocycles. The van der Waals surface area contributed by atoms with E-state index in [2.05, 4.69) is 21.4 Å². The van der Waals surface area contributed by atoms with Crippen LogP contribution in [0.1, 0.15) is 17.4 Å². The topological polar surface area (TPSA) is 51.2 Å². The van der Waals surface area contributed by atoms with Gasteiger partial charge in [0.25, 0.3) is 0 Å². The van der Waals surface area contributed by atoms with Crippen molar-refractivity contribution in [2.75, 3.05) is 0 Å². The molecule has 16 heavy (non-hydrogen) atoms. The maximum absolute atomic E-state index is 5.56. The standard InChI is InChI=1S/C12H13BrN2O/c13-10-4-1-3-9(7-10)12(15-14)8-11-5-2-6-16-11/h1-7,12,15H,8,14H2. The SMILES string of the molecule is NNC(Cc1ccco1)c1cccc(Br)c1. The van der Waals surface area contributed by atoms with Crippen LogP contribution in [0, 0.1) is 0 Å². The van der Waals surface area contributed by atoms with Crippen LogP contribution in [0.3, 0.4) is 0 Å². The lowest BCUT2D eigenvalue weighted by molar-refractivity contribution is 0.454. The van der Waals surface area contributed by atoms with Gasteiger partial charge in [0.05, 0.1) is 12.3 Å². The van der Waals surface area contributed by atoms with Gasteiger partial charge in [-0.1, -0.05) is 28.1 Å². The molecule has 0 aliphatic heterocycles. The third-order valence-corrected chi connectivity index (χ3v) is 2.93. The second-order valence-electron chi connectivity index (χ2n) is 3.56. The summed E-state index contributed by atoms with van der Waals surface area (Å²) in [6.07, 6.45) is 2.41. The van der Waals surface area contributed by atoms with Gasteiger partial charge in [0.15, 0.2) is 0 Å². The fourth-order valence-electron chi connectivity index (χ4n) is 1.63. The van der Waals surface area contributed by atoms with Gasteiger partial charge in [-0.25, -0.2) is 0 Å². The quantitative estimate of drug-likeness (QED) is 0.669. The molecule has 4 heteroatoms. The minimum absolute atomic E-state index is 0.0589. The van der Waals surface area contributed by atoms with Gasteiger partial charge in [-0.3, -0.25) is 11.3 Å². The molecule has 0 radical (unpaired) electrons. The fourth-order valence-corrected chi connectivity index (χ4v) is 2.04. The lowest BCUT2D eigenvalue weighted by Crippen LogP contribution is -2.29. The van der Waals surface area contributed by atoms with Crippen LogP contribution in [0.15, 0.2) is 51.6 Å². The molecule has 3 N–H and O–H groups in total. The van der Waals surface area contributed by atoms with Crippen LogP contribution in [0.2, 0.25) is 0 Å². The van der Waals surface area contributed by atoms with Gasteiger partial charge in [0.2, 0.25) is 0 Å². The van der Waals surface area contributed by atoms with Gasteiger partial charge < -0.3 is 4.42 Å². The number of nitrogens with two attached hydrogens (primary N) is 1. The number of furan rings is 1. The van der Waals surface area contributed by atoms with E-state index in [9.17, 15) is 0 Å². The molecular weight excluding hydrogens is 268 g/mol. The summed E-state index contributed by atoms with van der Waals surface area (Å²) >= 11 is 3.45.